The molecule has 4 fully saturated rings. The highest BCUT2D eigenvalue weighted by Gasteiger charge is 2.44. The van der Waals surface area contributed by atoms with E-state index in [0.29, 0.717) is 39.6 Å². The lowest BCUT2D eigenvalue weighted by molar-refractivity contribution is -0.337. The highest BCUT2D eigenvalue weighted by atomic mass is 16.9. The Hall–Kier alpha value is -2.20. The Kier molecular flexibility index (Phi) is 8.86. The predicted molar refractivity (Wildman–Crippen MR) is 152 cm³/mol. The van der Waals surface area contributed by atoms with Crippen LogP contribution in [0.25, 0.3) is 0 Å². The van der Waals surface area contributed by atoms with E-state index in [-0.39, 0.29) is 17.6 Å². The van der Waals surface area contributed by atoms with Crippen molar-refractivity contribution in [2.75, 3.05) is 39.6 Å². The van der Waals surface area contributed by atoms with Crippen LogP contribution in [-0.2, 0) is 33.8 Å². The molecule has 41 heavy (non-hydrogen) atoms. The second-order valence-corrected chi connectivity index (χ2v) is 12.1. The van der Waals surface area contributed by atoms with Gasteiger partial charge in [0.15, 0.2) is 0 Å². The van der Waals surface area contributed by atoms with Gasteiger partial charge in [-0.15, -0.1) is 0 Å². The predicted octanol–water partition coefficient (Wildman–Crippen LogP) is 6.09. The molecule has 4 atom stereocenters. The number of ether oxygens (including phenoxy) is 8. The molecular formula is C33H44O8. The van der Waals surface area contributed by atoms with E-state index in [2.05, 4.69) is 38.1 Å². The third kappa shape index (κ3) is 6.90. The Morgan fingerprint density at radius 2 is 1.05 bits per heavy atom. The first-order chi connectivity index (χ1) is 19.9. The minimum absolute atomic E-state index is 0.135. The molecule has 8 nitrogen and oxygen atoms in total. The molecule has 0 aliphatic carbocycles. The van der Waals surface area contributed by atoms with Crippen LogP contribution in [0.4, 0.5) is 0 Å². The van der Waals surface area contributed by atoms with Gasteiger partial charge in [0.2, 0.25) is 0 Å². The maximum Gasteiger partial charge on any atom is 0.283 e. The fourth-order valence-electron chi connectivity index (χ4n) is 5.98. The lowest BCUT2D eigenvalue weighted by Crippen LogP contribution is -2.34. The zero-order valence-corrected chi connectivity index (χ0v) is 24.4. The first kappa shape index (κ1) is 28.9. The van der Waals surface area contributed by atoms with Crippen molar-refractivity contribution in [1.29, 1.82) is 0 Å². The molecule has 4 unspecified atom stereocenters. The van der Waals surface area contributed by atoms with Crippen LogP contribution in [0, 0.1) is 0 Å². The normalized spacial score (nSPS) is 30.8. The second-order valence-electron chi connectivity index (χ2n) is 12.1. The molecule has 0 radical (unpaired) electrons. The molecule has 6 rings (SSSR count). The zero-order valence-electron chi connectivity index (χ0n) is 24.4. The molecule has 0 amide bonds. The molecular weight excluding hydrogens is 524 g/mol. The van der Waals surface area contributed by atoms with Crippen molar-refractivity contribution in [3.8, 4) is 11.5 Å². The van der Waals surface area contributed by atoms with Gasteiger partial charge in [-0.25, -0.2) is 0 Å². The SMILES string of the molecule is CC(C)(c1ccc(OCC2COC3(CCCCCO3)O2)cc1)c1ccc(OCC2COC3(CCCCCO3)O2)cc1. The van der Waals surface area contributed by atoms with Crippen molar-refractivity contribution >= 4 is 0 Å². The van der Waals surface area contributed by atoms with E-state index in [4.69, 9.17) is 37.9 Å². The molecule has 0 saturated carbocycles. The van der Waals surface area contributed by atoms with Crippen LogP contribution in [0.1, 0.15) is 76.3 Å². The summed E-state index contributed by atoms with van der Waals surface area (Å²) in [6.45, 7) is 7.66. The van der Waals surface area contributed by atoms with Gasteiger partial charge in [0.25, 0.3) is 11.9 Å². The maximum absolute atomic E-state index is 6.12. The van der Waals surface area contributed by atoms with Crippen LogP contribution in [0.15, 0.2) is 48.5 Å². The van der Waals surface area contributed by atoms with E-state index in [1.54, 1.807) is 0 Å². The van der Waals surface area contributed by atoms with E-state index in [0.717, 1.165) is 62.9 Å². The highest BCUT2D eigenvalue weighted by Crippen LogP contribution is 2.36. The van der Waals surface area contributed by atoms with Crippen LogP contribution in [-0.4, -0.2) is 63.8 Å². The summed E-state index contributed by atoms with van der Waals surface area (Å²) < 4.78 is 47.9. The number of hydrogen-bond acceptors (Lipinski definition) is 8. The molecule has 0 bridgehead atoms. The lowest BCUT2D eigenvalue weighted by atomic mass is 9.78. The monoisotopic (exact) mass is 568 g/mol. The first-order valence-corrected chi connectivity index (χ1v) is 15.3. The molecule has 0 N–H and O–H groups in total. The quantitative estimate of drug-likeness (QED) is 0.379. The summed E-state index contributed by atoms with van der Waals surface area (Å²) >= 11 is 0. The van der Waals surface area contributed by atoms with Gasteiger partial charge in [0.1, 0.15) is 36.9 Å². The molecule has 224 valence electrons. The van der Waals surface area contributed by atoms with Crippen molar-refractivity contribution in [2.24, 2.45) is 0 Å². The summed E-state index contributed by atoms with van der Waals surface area (Å²) in [6.07, 6.45) is 7.81. The van der Waals surface area contributed by atoms with Gasteiger partial charge in [0, 0.05) is 18.3 Å². The summed E-state index contributed by atoms with van der Waals surface area (Å²) in [5.41, 5.74) is 2.22. The average molecular weight is 569 g/mol. The smallest absolute Gasteiger partial charge is 0.283 e. The third-order valence-corrected chi connectivity index (χ3v) is 8.59. The molecule has 2 spiro atoms. The van der Waals surface area contributed by atoms with E-state index < -0.39 is 11.9 Å². The fraction of sp³-hybridized carbons (Fsp3) is 0.636. The van der Waals surface area contributed by atoms with Gasteiger partial charge in [-0.2, -0.15) is 0 Å². The maximum atomic E-state index is 6.12. The zero-order chi connectivity index (χ0) is 28.2. The van der Waals surface area contributed by atoms with Crippen molar-refractivity contribution < 1.29 is 37.9 Å². The van der Waals surface area contributed by atoms with Gasteiger partial charge in [-0.3, -0.25) is 0 Å². The van der Waals surface area contributed by atoms with Crippen LogP contribution < -0.4 is 9.47 Å². The van der Waals surface area contributed by atoms with Gasteiger partial charge in [-0.1, -0.05) is 51.0 Å². The standard InChI is InChI=1S/C33H44O8/c1-31(2,25-9-13-27(14-10-25)34-21-29-23-38-32(40-29)17-5-3-7-19-36-32)26-11-15-28(16-12-26)35-22-30-24-39-33(41-30)18-6-4-8-20-37-33/h9-16,29-30H,3-8,17-24H2,1-2H3. The molecule has 2 aromatic carbocycles. The Morgan fingerprint density at radius 3 is 1.49 bits per heavy atom. The van der Waals surface area contributed by atoms with Gasteiger partial charge >= 0.3 is 0 Å². The Balaban J connectivity index is 0.983. The number of benzene rings is 2. The highest BCUT2D eigenvalue weighted by molar-refractivity contribution is 5.41. The average Bonchev–Trinajstić information content (AvgIpc) is 3.40. The third-order valence-electron chi connectivity index (χ3n) is 8.59. The molecule has 4 aliphatic heterocycles. The molecule has 2 aromatic rings. The van der Waals surface area contributed by atoms with Crippen molar-refractivity contribution in [2.45, 2.75) is 94.8 Å². The Bertz CT molecular complexity index is 1010. The molecule has 8 heteroatoms. The number of hydrogen-bond donors (Lipinski definition) is 0. The van der Waals surface area contributed by atoms with Crippen LogP contribution >= 0.6 is 0 Å². The van der Waals surface area contributed by atoms with E-state index >= 15 is 0 Å². The van der Waals surface area contributed by atoms with Gasteiger partial charge < -0.3 is 37.9 Å². The Morgan fingerprint density at radius 1 is 0.610 bits per heavy atom. The fourth-order valence-corrected chi connectivity index (χ4v) is 5.98. The molecule has 4 heterocycles. The minimum Gasteiger partial charge on any atom is -0.491 e. The summed E-state index contributed by atoms with van der Waals surface area (Å²) in [4.78, 5) is 0. The van der Waals surface area contributed by atoms with Crippen LogP contribution in [0.5, 0.6) is 11.5 Å². The largest absolute Gasteiger partial charge is 0.491 e. The topological polar surface area (TPSA) is 73.8 Å². The van der Waals surface area contributed by atoms with Crippen molar-refractivity contribution in [1.82, 2.24) is 0 Å². The summed E-state index contributed by atoms with van der Waals surface area (Å²) in [5.74, 6) is -0.115. The molecule has 4 aliphatic rings. The molecule has 0 aromatic heterocycles. The van der Waals surface area contributed by atoms with E-state index in [1.807, 2.05) is 24.3 Å². The summed E-state index contributed by atoms with van der Waals surface area (Å²) in [5, 5.41) is 0. The first-order valence-electron chi connectivity index (χ1n) is 15.3. The lowest BCUT2D eigenvalue weighted by Gasteiger charge is -2.27. The minimum atomic E-state index is -0.871. The van der Waals surface area contributed by atoms with Crippen LogP contribution in [0.3, 0.4) is 0 Å². The van der Waals surface area contributed by atoms with E-state index in [9.17, 15) is 0 Å². The Labute approximate surface area is 243 Å². The molecule has 4 saturated heterocycles. The van der Waals surface area contributed by atoms with Gasteiger partial charge in [-0.05, 0) is 61.1 Å². The van der Waals surface area contributed by atoms with Gasteiger partial charge in [0.05, 0.1) is 26.4 Å². The van der Waals surface area contributed by atoms with Crippen molar-refractivity contribution in [3.63, 3.8) is 0 Å². The summed E-state index contributed by atoms with van der Waals surface area (Å²) in [6, 6.07) is 16.6. The van der Waals surface area contributed by atoms with Crippen LogP contribution in [0.2, 0.25) is 0 Å². The number of rotatable bonds is 8. The van der Waals surface area contributed by atoms with E-state index in [1.165, 1.54) is 11.1 Å². The second kappa shape index (κ2) is 12.6. The summed E-state index contributed by atoms with van der Waals surface area (Å²) in [7, 11) is 0. The van der Waals surface area contributed by atoms with Crippen molar-refractivity contribution in [3.05, 3.63) is 59.7 Å².